The van der Waals surface area contributed by atoms with Gasteiger partial charge < -0.3 is 15.5 Å². The monoisotopic (exact) mass is 340 g/mol. The maximum absolute atomic E-state index is 12.2. The van der Waals surface area contributed by atoms with Gasteiger partial charge in [-0.1, -0.05) is 6.07 Å². The highest BCUT2D eigenvalue weighted by Crippen LogP contribution is 2.27. The zero-order valence-corrected chi connectivity index (χ0v) is 12.5. The molecule has 5 nitrogen and oxygen atoms in total. The molecule has 0 unspecified atom stereocenters. The molecule has 128 valence electrons. The van der Waals surface area contributed by atoms with E-state index >= 15 is 0 Å². The second-order valence-corrected chi connectivity index (χ2v) is 5.08. The molecule has 0 saturated carbocycles. The number of benzene rings is 1. The summed E-state index contributed by atoms with van der Waals surface area (Å²) in [6.45, 7) is -0.210. The molecule has 0 saturated heterocycles. The molecule has 0 radical (unpaired) electrons. The maximum Gasteiger partial charge on any atom is 0.389 e. The summed E-state index contributed by atoms with van der Waals surface area (Å²) in [5, 5.41) is 0. The summed E-state index contributed by atoms with van der Waals surface area (Å²) in [6, 6.07) is 7.47. The standard InChI is InChI=1S/C16H15F3N2O3/c17-16(18,19)5-1-7-24-13-8-10(2-3-12(13)15(20)23)11-4-6-21-14(22)9-11/h2-4,6,8-9H,1,5,7H2,(H2,20,23)(H,21,22). The van der Waals surface area contributed by atoms with Crippen LogP contribution in [0.4, 0.5) is 13.2 Å². The number of nitrogens with one attached hydrogen (secondary N) is 1. The second-order valence-electron chi connectivity index (χ2n) is 5.08. The van der Waals surface area contributed by atoms with E-state index in [-0.39, 0.29) is 29.9 Å². The van der Waals surface area contributed by atoms with E-state index in [0.29, 0.717) is 11.1 Å². The number of H-pyrrole nitrogens is 1. The van der Waals surface area contributed by atoms with Crippen molar-refractivity contribution in [2.75, 3.05) is 6.61 Å². The predicted molar refractivity (Wildman–Crippen MR) is 81.8 cm³/mol. The fourth-order valence-electron chi connectivity index (χ4n) is 2.10. The van der Waals surface area contributed by atoms with Crippen molar-refractivity contribution in [2.45, 2.75) is 19.0 Å². The number of alkyl halides is 3. The van der Waals surface area contributed by atoms with Crippen LogP contribution in [0.25, 0.3) is 11.1 Å². The van der Waals surface area contributed by atoms with Gasteiger partial charge in [0, 0.05) is 18.7 Å². The third-order valence-corrected chi connectivity index (χ3v) is 3.22. The summed E-state index contributed by atoms with van der Waals surface area (Å²) >= 11 is 0. The normalized spacial score (nSPS) is 11.3. The number of aromatic amines is 1. The van der Waals surface area contributed by atoms with Crippen LogP contribution in [0.3, 0.4) is 0 Å². The topological polar surface area (TPSA) is 85.2 Å². The average molecular weight is 340 g/mol. The van der Waals surface area contributed by atoms with E-state index in [4.69, 9.17) is 10.5 Å². The van der Waals surface area contributed by atoms with Crippen LogP contribution >= 0.6 is 0 Å². The Kier molecular flexibility index (Phi) is 5.28. The first-order chi connectivity index (χ1) is 11.3. The van der Waals surface area contributed by atoms with Crippen molar-refractivity contribution >= 4 is 5.91 Å². The Morgan fingerprint density at radius 2 is 1.88 bits per heavy atom. The molecule has 2 aromatic rings. The van der Waals surface area contributed by atoms with Gasteiger partial charge in [-0.2, -0.15) is 13.2 Å². The minimum atomic E-state index is -4.26. The zero-order valence-electron chi connectivity index (χ0n) is 12.5. The van der Waals surface area contributed by atoms with Crippen LogP contribution < -0.4 is 16.0 Å². The summed E-state index contributed by atoms with van der Waals surface area (Å²) < 4.78 is 41.7. The second kappa shape index (κ2) is 7.20. The lowest BCUT2D eigenvalue weighted by molar-refractivity contribution is -0.136. The van der Waals surface area contributed by atoms with E-state index in [1.807, 2.05) is 0 Å². The summed E-state index contributed by atoms with van der Waals surface area (Å²) in [4.78, 5) is 25.3. The highest BCUT2D eigenvalue weighted by Gasteiger charge is 2.26. The molecule has 1 amide bonds. The third kappa shape index (κ3) is 4.87. The quantitative estimate of drug-likeness (QED) is 0.793. The Bertz CT molecular complexity index is 785. The number of primary amides is 1. The van der Waals surface area contributed by atoms with E-state index in [1.54, 1.807) is 12.1 Å². The number of rotatable bonds is 6. The molecular weight excluding hydrogens is 325 g/mol. The van der Waals surface area contributed by atoms with Crippen LogP contribution in [0, 0.1) is 0 Å². The van der Waals surface area contributed by atoms with E-state index in [0.717, 1.165) is 0 Å². The van der Waals surface area contributed by atoms with Gasteiger partial charge in [-0.05, 0) is 35.7 Å². The van der Waals surface area contributed by atoms with Crippen molar-refractivity contribution in [3.8, 4) is 16.9 Å². The predicted octanol–water partition coefficient (Wildman–Crippen LogP) is 2.86. The first kappa shape index (κ1) is 17.6. The molecule has 1 heterocycles. The number of carbonyl (C=O) groups excluding carboxylic acids is 1. The minimum Gasteiger partial charge on any atom is -0.493 e. The molecular formula is C16H15F3N2O3. The van der Waals surface area contributed by atoms with Crippen molar-refractivity contribution < 1.29 is 22.7 Å². The molecule has 0 aliphatic heterocycles. The molecule has 8 heteroatoms. The molecule has 0 spiro atoms. The van der Waals surface area contributed by atoms with Gasteiger partial charge in [-0.15, -0.1) is 0 Å². The number of aromatic nitrogens is 1. The number of carbonyl (C=O) groups is 1. The molecule has 1 aromatic heterocycles. The molecule has 0 bridgehead atoms. The van der Waals surface area contributed by atoms with Crippen LogP contribution in [-0.2, 0) is 0 Å². The van der Waals surface area contributed by atoms with Gasteiger partial charge in [0.15, 0.2) is 0 Å². The lowest BCUT2D eigenvalue weighted by Crippen LogP contribution is -2.14. The van der Waals surface area contributed by atoms with Crippen molar-refractivity contribution in [3.63, 3.8) is 0 Å². The number of hydrogen-bond acceptors (Lipinski definition) is 3. The molecule has 0 atom stereocenters. The zero-order chi connectivity index (χ0) is 17.7. The summed E-state index contributed by atoms with van der Waals surface area (Å²) in [5.74, 6) is -0.666. The number of hydrogen-bond donors (Lipinski definition) is 2. The minimum absolute atomic E-state index is 0.0654. The Morgan fingerprint density at radius 1 is 1.17 bits per heavy atom. The number of ether oxygens (including phenoxy) is 1. The largest absolute Gasteiger partial charge is 0.493 e. The fourth-order valence-corrected chi connectivity index (χ4v) is 2.10. The van der Waals surface area contributed by atoms with Crippen LogP contribution in [-0.4, -0.2) is 23.7 Å². The highest BCUT2D eigenvalue weighted by molar-refractivity contribution is 5.96. The molecule has 0 aliphatic rings. The number of nitrogens with two attached hydrogens (primary N) is 1. The van der Waals surface area contributed by atoms with Gasteiger partial charge in [-0.25, -0.2) is 0 Å². The maximum atomic E-state index is 12.2. The first-order valence-corrected chi connectivity index (χ1v) is 7.09. The Balaban J connectivity index is 2.22. The Labute approximate surface area is 135 Å². The molecule has 0 fully saturated rings. The van der Waals surface area contributed by atoms with Crippen molar-refractivity contribution in [1.29, 1.82) is 0 Å². The van der Waals surface area contributed by atoms with Gasteiger partial charge in [0.2, 0.25) is 5.56 Å². The van der Waals surface area contributed by atoms with E-state index < -0.39 is 18.5 Å². The first-order valence-electron chi connectivity index (χ1n) is 7.09. The SMILES string of the molecule is NC(=O)c1ccc(-c2cc[nH]c(=O)c2)cc1OCCCC(F)(F)F. The van der Waals surface area contributed by atoms with E-state index in [9.17, 15) is 22.8 Å². The van der Waals surface area contributed by atoms with Gasteiger partial charge in [0.05, 0.1) is 12.2 Å². The molecule has 2 rings (SSSR count). The van der Waals surface area contributed by atoms with Gasteiger partial charge in [-0.3, -0.25) is 9.59 Å². The van der Waals surface area contributed by atoms with Gasteiger partial charge in [0.1, 0.15) is 5.75 Å². The van der Waals surface area contributed by atoms with Crippen LogP contribution in [0.5, 0.6) is 5.75 Å². The number of halogens is 3. The average Bonchev–Trinajstić information content (AvgIpc) is 2.50. The van der Waals surface area contributed by atoms with Crippen molar-refractivity contribution in [1.82, 2.24) is 4.98 Å². The van der Waals surface area contributed by atoms with Crippen molar-refractivity contribution in [2.24, 2.45) is 5.73 Å². The van der Waals surface area contributed by atoms with Gasteiger partial charge >= 0.3 is 6.18 Å². The van der Waals surface area contributed by atoms with Gasteiger partial charge in [0.25, 0.3) is 5.91 Å². The number of pyridine rings is 1. The summed E-state index contributed by atoms with van der Waals surface area (Å²) in [7, 11) is 0. The summed E-state index contributed by atoms with van der Waals surface area (Å²) in [5.41, 5.74) is 6.17. The van der Waals surface area contributed by atoms with E-state index in [2.05, 4.69) is 4.98 Å². The van der Waals surface area contributed by atoms with E-state index in [1.165, 1.54) is 24.4 Å². The summed E-state index contributed by atoms with van der Waals surface area (Å²) in [6.07, 6.45) is -4.02. The molecule has 24 heavy (non-hydrogen) atoms. The van der Waals surface area contributed by atoms with Crippen LogP contribution in [0.2, 0.25) is 0 Å². The lowest BCUT2D eigenvalue weighted by atomic mass is 10.0. The Morgan fingerprint density at radius 3 is 2.50 bits per heavy atom. The number of amides is 1. The molecule has 3 N–H and O–H groups in total. The smallest absolute Gasteiger partial charge is 0.389 e. The van der Waals surface area contributed by atoms with Crippen molar-refractivity contribution in [3.05, 3.63) is 52.4 Å². The highest BCUT2D eigenvalue weighted by atomic mass is 19.4. The van der Waals surface area contributed by atoms with Crippen LogP contribution in [0.15, 0.2) is 41.3 Å². The Hall–Kier alpha value is -2.77. The lowest BCUT2D eigenvalue weighted by Gasteiger charge is -2.12. The fraction of sp³-hybridized carbons (Fsp3) is 0.250. The third-order valence-electron chi connectivity index (χ3n) is 3.22. The van der Waals surface area contributed by atoms with Crippen LogP contribution in [0.1, 0.15) is 23.2 Å². The molecule has 0 aliphatic carbocycles. The molecule has 1 aromatic carbocycles.